The summed E-state index contributed by atoms with van der Waals surface area (Å²) in [6.45, 7) is 10.0. The van der Waals surface area contributed by atoms with E-state index in [1.807, 2.05) is 32.0 Å². The molecule has 1 heterocycles. The summed E-state index contributed by atoms with van der Waals surface area (Å²) in [4.78, 5) is 11.9. The third-order valence-corrected chi connectivity index (χ3v) is 4.50. The number of rotatable bonds is 3. The Bertz CT molecular complexity index is 517. The van der Waals surface area contributed by atoms with Crippen molar-refractivity contribution in [2.75, 3.05) is 5.32 Å². The van der Waals surface area contributed by atoms with E-state index in [0.29, 0.717) is 0 Å². The van der Waals surface area contributed by atoms with Crippen LogP contribution in [0.5, 0.6) is 0 Å². The first-order valence-electron chi connectivity index (χ1n) is 6.84. The van der Waals surface area contributed by atoms with E-state index in [0.717, 1.165) is 23.2 Å². The minimum Gasteiger partial charge on any atom is -0.388 e. The molecular formula is C16H23NO2. The Morgan fingerprint density at radius 3 is 2.58 bits per heavy atom. The van der Waals surface area contributed by atoms with Gasteiger partial charge in [-0.2, -0.15) is 0 Å². The minimum absolute atomic E-state index is 0.0175. The second-order valence-corrected chi connectivity index (χ2v) is 6.63. The number of anilines is 1. The molecule has 0 bridgehead atoms. The lowest BCUT2D eigenvalue weighted by Gasteiger charge is -2.30. The maximum atomic E-state index is 11.9. The van der Waals surface area contributed by atoms with E-state index >= 15 is 0 Å². The van der Waals surface area contributed by atoms with Crippen molar-refractivity contribution < 1.29 is 9.90 Å². The van der Waals surface area contributed by atoms with Crippen molar-refractivity contribution >= 4 is 11.6 Å². The second kappa shape index (κ2) is 4.34. The van der Waals surface area contributed by atoms with Crippen molar-refractivity contribution in [1.29, 1.82) is 0 Å². The molecule has 3 nitrogen and oxygen atoms in total. The lowest BCUT2D eigenvalue weighted by Crippen LogP contribution is -2.27. The molecule has 0 fully saturated rings. The quantitative estimate of drug-likeness (QED) is 0.876. The number of nitrogens with one attached hydrogen (secondary N) is 1. The average molecular weight is 261 g/mol. The molecule has 0 aromatic heterocycles. The maximum absolute atomic E-state index is 11.9. The number of amides is 1. The standard InChI is InChI=1S/C16H23NO2/c1-6-15(2,3)13(18)10-7-8-12-11(9-10)16(4,5)14(19)17-12/h7-9,13,18H,6H2,1-5H3,(H,17,19). The maximum Gasteiger partial charge on any atom is 0.234 e. The monoisotopic (exact) mass is 261 g/mol. The van der Waals surface area contributed by atoms with E-state index in [1.165, 1.54) is 0 Å². The van der Waals surface area contributed by atoms with Gasteiger partial charge < -0.3 is 10.4 Å². The Kier molecular flexibility index (Phi) is 3.21. The average Bonchev–Trinajstić information content (AvgIpc) is 2.59. The van der Waals surface area contributed by atoms with Gasteiger partial charge in [-0.25, -0.2) is 0 Å². The van der Waals surface area contributed by atoms with Crippen LogP contribution >= 0.6 is 0 Å². The van der Waals surface area contributed by atoms with Gasteiger partial charge in [-0.15, -0.1) is 0 Å². The molecule has 1 aromatic rings. The lowest BCUT2D eigenvalue weighted by molar-refractivity contribution is -0.119. The van der Waals surface area contributed by atoms with Crippen LogP contribution in [0.15, 0.2) is 18.2 Å². The van der Waals surface area contributed by atoms with Gasteiger partial charge in [0.15, 0.2) is 0 Å². The van der Waals surface area contributed by atoms with Gasteiger partial charge in [-0.05, 0) is 42.9 Å². The molecule has 2 rings (SSSR count). The fourth-order valence-electron chi connectivity index (χ4n) is 2.40. The van der Waals surface area contributed by atoms with Crippen LogP contribution in [0.1, 0.15) is 58.3 Å². The molecule has 0 aliphatic carbocycles. The first-order valence-corrected chi connectivity index (χ1v) is 6.84. The van der Waals surface area contributed by atoms with Crippen molar-refractivity contribution in [3.63, 3.8) is 0 Å². The van der Waals surface area contributed by atoms with Gasteiger partial charge in [0.2, 0.25) is 5.91 Å². The zero-order valence-corrected chi connectivity index (χ0v) is 12.4. The van der Waals surface area contributed by atoms with E-state index in [-0.39, 0.29) is 11.3 Å². The van der Waals surface area contributed by atoms with E-state index in [4.69, 9.17) is 0 Å². The number of carbonyl (C=O) groups excluding carboxylic acids is 1. The molecule has 1 unspecified atom stereocenters. The minimum atomic E-state index is -0.526. The highest BCUT2D eigenvalue weighted by Gasteiger charge is 2.39. The van der Waals surface area contributed by atoms with Crippen molar-refractivity contribution in [3.8, 4) is 0 Å². The number of aliphatic hydroxyl groups excluding tert-OH is 1. The number of benzene rings is 1. The predicted octanol–water partition coefficient (Wildman–Crippen LogP) is 3.39. The summed E-state index contributed by atoms with van der Waals surface area (Å²) in [7, 11) is 0. The van der Waals surface area contributed by atoms with E-state index < -0.39 is 11.5 Å². The van der Waals surface area contributed by atoms with Gasteiger partial charge in [0.1, 0.15) is 0 Å². The van der Waals surface area contributed by atoms with Gasteiger partial charge in [-0.1, -0.05) is 32.9 Å². The molecular weight excluding hydrogens is 238 g/mol. The molecule has 19 heavy (non-hydrogen) atoms. The Morgan fingerprint density at radius 2 is 2.00 bits per heavy atom. The summed E-state index contributed by atoms with van der Waals surface area (Å²) in [5.41, 5.74) is 2.02. The van der Waals surface area contributed by atoms with Gasteiger partial charge in [-0.3, -0.25) is 4.79 Å². The van der Waals surface area contributed by atoms with Crippen LogP contribution in [0.4, 0.5) is 5.69 Å². The summed E-state index contributed by atoms with van der Waals surface area (Å²) in [6.07, 6.45) is 0.376. The molecule has 1 amide bonds. The first-order chi connectivity index (χ1) is 8.70. The zero-order valence-electron chi connectivity index (χ0n) is 12.4. The number of fused-ring (bicyclic) bond motifs is 1. The van der Waals surface area contributed by atoms with Crippen LogP contribution in [0.25, 0.3) is 0 Å². The topological polar surface area (TPSA) is 49.3 Å². The number of hydrogen-bond donors (Lipinski definition) is 2. The molecule has 1 aliphatic rings. The summed E-state index contributed by atoms with van der Waals surface area (Å²) >= 11 is 0. The highest BCUT2D eigenvalue weighted by molar-refractivity contribution is 6.05. The molecule has 0 radical (unpaired) electrons. The van der Waals surface area contributed by atoms with Gasteiger partial charge >= 0.3 is 0 Å². The van der Waals surface area contributed by atoms with Crippen LogP contribution < -0.4 is 5.32 Å². The molecule has 1 aliphatic heterocycles. The van der Waals surface area contributed by atoms with Crippen molar-refractivity contribution in [3.05, 3.63) is 29.3 Å². The molecule has 1 aromatic carbocycles. The first kappa shape index (κ1) is 14.1. The predicted molar refractivity (Wildman–Crippen MR) is 77.1 cm³/mol. The van der Waals surface area contributed by atoms with Crippen LogP contribution in [0, 0.1) is 5.41 Å². The molecule has 1 atom stereocenters. The third-order valence-electron chi connectivity index (χ3n) is 4.50. The Morgan fingerprint density at radius 1 is 1.37 bits per heavy atom. The highest BCUT2D eigenvalue weighted by atomic mass is 16.3. The Hall–Kier alpha value is -1.35. The zero-order chi connectivity index (χ0) is 14.4. The molecule has 0 saturated carbocycles. The van der Waals surface area contributed by atoms with Crippen molar-refractivity contribution in [2.24, 2.45) is 5.41 Å². The molecule has 3 heteroatoms. The van der Waals surface area contributed by atoms with Crippen LogP contribution in [-0.2, 0) is 10.2 Å². The highest BCUT2D eigenvalue weighted by Crippen LogP contribution is 2.42. The van der Waals surface area contributed by atoms with Gasteiger partial charge in [0.05, 0.1) is 11.5 Å². The normalized spacial score (nSPS) is 18.9. The largest absolute Gasteiger partial charge is 0.388 e. The van der Waals surface area contributed by atoms with Gasteiger partial charge in [0, 0.05) is 5.69 Å². The molecule has 0 spiro atoms. The Balaban J connectivity index is 2.44. The second-order valence-electron chi connectivity index (χ2n) is 6.63. The summed E-state index contributed by atoms with van der Waals surface area (Å²) in [5.74, 6) is 0.0175. The summed E-state index contributed by atoms with van der Waals surface area (Å²) in [5, 5.41) is 13.4. The van der Waals surface area contributed by atoms with E-state index in [1.54, 1.807) is 0 Å². The summed E-state index contributed by atoms with van der Waals surface area (Å²) < 4.78 is 0. The van der Waals surface area contributed by atoms with E-state index in [2.05, 4.69) is 26.1 Å². The van der Waals surface area contributed by atoms with E-state index in [9.17, 15) is 9.90 Å². The molecule has 2 N–H and O–H groups in total. The number of hydrogen-bond acceptors (Lipinski definition) is 2. The van der Waals surface area contributed by atoms with Crippen molar-refractivity contribution in [1.82, 2.24) is 0 Å². The Labute approximate surface area is 115 Å². The van der Waals surface area contributed by atoms with Crippen LogP contribution in [0.2, 0.25) is 0 Å². The van der Waals surface area contributed by atoms with Gasteiger partial charge in [0.25, 0.3) is 0 Å². The summed E-state index contributed by atoms with van der Waals surface area (Å²) in [6, 6.07) is 5.77. The molecule has 104 valence electrons. The fourth-order valence-corrected chi connectivity index (χ4v) is 2.40. The third kappa shape index (κ3) is 2.16. The van der Waals surface area contributed by atoms with Crippen molar-refractivity contribution in [2.45, 2.75) is 52.6 Å². The smallest absolute Gasteiger partial charge is 0.234 e. The SMILES string of the molecule is CCC(C)(C)C(O)c1ccc2c(c1)C(C)(C)C(=O)N2. The molecule has 0 saturated heterocycles. The number of carbonyl (C=O) groups is 1. The fraction of sp³-hybridized carbons (Fsp3) is 0.562. The number of aliphatic hydroxyl groups is 1. The van der Waals surface area contributed by atoms with Crippen LogP contribution in [0.3, 0.4) is 0 Å². The van der Waals surface area contributed by atoms with Crippen LogP contribution in [-0.4, -0.2) is 11.0 Å². The lowest BCUT2D eigenvalue weighted by atomic mass is 9.78.